The standard InChI is InChI=1S/C20H37N5OS/c1-16(2)13-17(24(4)5)14-22-20(21-3)23-15-18(19-7-6-12-27-19)25-8-10-26-11-9-25/h6-7,12,16-18H,8-11,13-15H2,1-5H3,(H2,21,22,23). The normalized spacial score (nSPS) is 18.7. The molecule has 1 aromatic heterocycles. The molecule has 0 aromatic carbocycles. The van der Waals surface area contributed by atoms with Gasteiger partial charge in [0.15, 0.2) is 5.96 Å². The molecule has 0 saturated carbocycles. The highest BCUT2D eigenvalue weighted by atomic mass is 32.1. The third-order valence-corrected chi connectivity index (χ3v) is 6.00. The van der Waals surface area contributed by atoms with Crippen LogP contribution in [0.4, 0.5) is 0 Å². The highest BCUT2D eigenvalue weighted by molar-refractivity contribution is 7.10. The molecule has 1 aliphatic heterocycles. The van der Waals surface area contributed by atoms with Crippen molar-refractivity contribution in [1.29, 1.82) is 0 Å². The summed E-state index contributed by atoms with van der Waals surface area (Å²) < 4.78 is 5.53. The van der Waals surface area contributed by atoms with Crippen LogP contribution in [-0.2, 0) is 4.74 Å². The smallest absolute Gasteiger partial charge is 0.191 e. The van der Waals surface area contributed by atoms with E-state index in [2.05, 4.69) is 70.9 Å². The Hall–Kier alpha value is -1.15. The van der Waals surface area contributed by atoms with E-state index in [9.17, 15) is 0 Å². The van der Waals surface area contributed by atoms with Crippen molar-refractivity contribution in [3.8, 4) is 0 Å². The fraction of sp³-hybridized carbons (Fsp3) is 0.750. The van der Waals surface area contributed by atoms with Crippen LogP contribution in [0.3, 0.4) is 0 Å². The topological polar surface area (TPSA) is 52.1 Å². The second-order valence-corrected chi connectivity index (χ2v) is 8.74. The predicted octanol–water partition coefficient (Wildman–Crippen LogP) is 2.26. The number of thiophene rings is 1. The maximum atomic E-state index is 5.53. The van der Waals surface area contributed by atoms with Gasteiger partial charge in [-0.25, -0.2) is 0 Å². The van der Waals surface area contributed by atoms with E-state index >= 15 is 0 Å². The zero-order chi connectivity index (χ0) is 19.6. The number of morpholine rings is 1. The minimum atomic E-state index is 0.354. The summed E-state index contributed by atoms with van der Waals surface area (Å²) in [5.41, 5.74) is 0. The lowest BCUT2D eigenvalue weighted by molar-refractivity contribution is 0.0177. The summed E-state index contributed by atoms with van der Waals surface area (Å²) in [6, 6.07) is 5.21. The Kier molecular flexibility index (Phi) is 9.54. The molecule has 154 valence electrons. The van der Waals surface area contributed by atoms with Gasteiger partial charge in [-0.2, -0.15) is 0 Å². The molecular weight excluding hydrogens is 358 g/mol. The van der Waals surface area contributed by atoms with Crippen molar-refractivity contribution < 1.29 is 4.74 Å². The number of guanidine groups is 1. The van der Waals surface area contributed by atoms with Crippen molar-refractivity contribution in [2.75, 3.05) is 60.5 Å². The SMILES string of the molecule is CN=C(NCC(CC(C)C)N(C)C)NCC(c1cccs1)N1CCOCC1. The predicted molar refractivity (Wildman–Crippen MR) is 116 cm³/mol. The third kappa shape index (κ3) is 7.41. The minimum Gasteiger partial charge on any atom is -0.379 e. The summed E-state index contributed by atoms with van der Waals surface area (Å²) in [6.07, 6.45) is 1.17. The molecule has 2 N–H and O–H groups in total. The molecule has 6 nitrogen and oxygen atoms in total. The molecule has 0 aliphatic carbocycles. The van der Waals surface area contributed by atoms with E-state index in [-0.39, 0.29) is 0 Å². The molecule has 1 saturated heterocycles. The van der Waals surface area contributed by atoms with Crippen LogP contribution in [-0.4, -0.2) is 82.3 Å². The molecule has 7 heteroatoms. The first-order valence-corrected chi connectivity index (χ1v) is 10.8. The average Bonchev–Trinajstić information content (AvgIpc) is 3.18. The molecular formula is C20H37N5OS. The first-order valence-electron chi connectivity index (χ1n) is 9.97. The Morgan fingerprint density at radius 2 is 1.96 bits per heavy atom. The number of aliphatic imine (C=N–C) groups is 1. The lowest BCUT2D eigenvalue weighted by Crippen LogP contribution is -2.48. The van der Waals surface area contributed by atoms with Crippen molar-refractivity contribution in [3.05, 3.63) is 22.4 Å². The van der Waals surface area contributed by atoms with Crippen molar-refractivity contribution in [3.63, 3.8) is 0 Å². The summed E-state index contributed by atoms with van der Waals surface area (Å²) in [4.78, 5) is 10.6. The van der Waals surface area contributed by atoms with Gasteiger partial charge in [0.25, 0.3) is 0 Å². The largest absolute Gasteiger partial charge is 0.379 e. The molecule has 2 unspecified atom stereocenters. The van der Waals surface area contributed by atoms with E-state index in [1.807, 2.05) is 18.4 Å². The van der Waals surface area contributed by atoms with Crippen molar-refractivity contribution in [2.45, 2.75) is 32.4 Å². The molecule has 2 atom stereocenters. The van der Waals surface area contributed by atoms with Gasteiger partial charge in [-0.1, -0.05) is 19.9 Å². The fourth-order valence-corrected chi connectivity index (χ4v) is 4.29. The number of nitrogens with one attached hydrogen (secondary N) is 2. The van der Waals surface area contributed by atoms with Gasteiger partial charge in [-0.15, -0.1) is 11.3 Å². The van der Waals surface area contributed by atoms with Gasteiger partial charge < -0.3 is 20.3 Å². The van der Waals surface area contributed by atoms with Crippen LogP contribution in [0.1, 0.15) is 31.2 Å². The number of rotatable bonds is 9. The lowest BCUT2D eigenvalue weighted by atomic mass is 10.0. The lowest BCUT2D eigenvalue weighted by Gasteiger charge is -2.34. The highest BCUT2D eigenvalue weighted by Gasteiger charge is 2.23. The van der Waals surface area contributed by atoms with E-state index in [0.29, 0.717) is 18.0 Å². The van der Waals surface area contributed by atoms with Crippen LogP contribution in [0, 0.1) is 5.92 Å². The monoisotopic (exact) mass is 395 g/mol. The first-order chi connectivity index (χ1) is 13.0. The van der Waals surface area contributed by atoms with Crippen LogP contribution in [0.2, 0.25) is 0 Å². The number of likely N-dealkylation sites (N-methyl/N-ethyl adjacent to an activating group) is 1. The van der Waals surface area contributed by atoms with Gasteiger partial charge in [-0.05, 0) is 37.9 Å². The highest BCUT2D eigenvalue weighted by Crippen LogP contribution is 2.25. The molecule has 0 amide bonds. The summed E-state index contributed by atoms with van der Waals surface area (Å²) in [5, 5.41) is 9.22. The summed E-state index contributed by atoms with van der Waals surface area (Å²) in [5.74, 6) is 1.55. The quantitative estimate of drug-likeness (QED) is 0.496. The van der Waals surface area contributed by atoms with Crippen LogP contribution in [0.5, 0.6) is 0 Å². The van der Waals surface area contributed by atoms with Gasteiger partial charge in [0.2, 0.25) is 0 Å². The van der Waals surface area contributed by atoms with Gasteiger partial charge in [0.1, 0.15) is 0 Å². The van der Waals surface area contributed by atoms with Gasteiger partial charge in [-0.3, -0.25) is 9.89 Å². The number of hydrogen-bond acceptors (Lipinski definition) is 5. The zero-order valence-corrected chi connectivity index (χ0v) is 18.4. The van der Waals surface area contributed by atoms with E-state index in [0.717, 1.165) is 45.4 Å². The van der Waals surface area contributed by atoms with Gasteiger partial charge >= 0.3 is 0 Å². The van der Waals surface area contributed by atoms with Crippen LogP contribution >= 0.6 is 11.3 Å². The molecule has 1 aliphatic rings. The second kappa shape index (κ2) is 11.6. The van der Waals surface area contributed by atoms with Gasteiger partial charge in [0, 0.05) is 44.1 Å². The minimum absolute atomic E-state index is 0.354. The zero-order valence-electron chi connectivity index (χ0n) is 17.6. The van der Waals surface area contributed by atoms with Crippen molar-refractivity contribution in [2.24, 2.45) is 10.9 Å². The van der Waals surface area contributed by atoms with Gasteiger partial charge in [0.05, 0.1) is 19.3 Å². The molecule has 2 rings (SSSR count). The fourth-order valence-electron chi connectivity index (χ4n) is 3.43. The Balaban J connectivity index is 1.91. The van der Waals surface area contributed by atoms with E-state index in [1.54, 1.807) is 0 Å². The third-order valence-electron chi connectivity index (χ3n) is 5.02. The molecule has 0 radical (unpaired) electrons. The van der Waals surface area contributed by atoms with Crippen molar-refractivity contribution >= 4 is 17.3 Å². The molecule has 27 heavy (non-hydrogen) atoms. The summed E-state index contributed by atoms with van der Waals surface area (Å²) >= 11 is 1.82. The van der Waals surface area contributed by atoms with Crippen LogP contribution in [0.25, 0.3) is 0 Å². The van der Waals surface area contributed by atoms with Crippen LogP contribution in [0.15, 0.2) is 22.5 Å². The van der Waals surface area contributed by atoms with Crippen molar-refractivity contribution in [1.82, 2.24) is 20.4 Å². The first kappa shape index (κ1) is 22.1. The Morgan fingerprint density at radius 3 is 2.52 bits per heavy atom. The summed E-state index contributed by atoms with van der Waals surface area (Å²) in [6.45, 7) is 9.88. The maximum absolute atomic E-state index is 5.53. The number of nitrogens with zero attached hydrogens (tertiary/aromatic N) is 3. The molecule has 2 heterocycles. The molecule has 0 spiro atoms. The van der Waals surface area contributed by atoms with Crippen LogP contribution < -0.4 is 10.6 Å². The van der Waals surface area contributed by atoms with E-state index in [1.165, 1.54) is 11.3 Å². The second-order valence-electron chi connectivity index (χ2n) is 7.76. The Bertz CT molecular complexity index is 541. The number of hydrogen-bond donors (Lipinski definition) is 2. The van der Waals surface area contributed by atoms with E-state index in [4.69, 9.17) is 4.74 Å². The maximum Gasteiger partial charge on any atom is 0.191 e. The average molecular weight is 396 g/mol. The number of ether oxygens (including phenoxy) is 1. The van der Waals surface area contributed by atoms with E-state index < -0.39 is 0 Å². The molecule has 1 aromatic rings. The molecule has 1 fully saturated rings. The summed E-state index contributed by atoms with van der Waals surface area (Å²) in [7, 11) is 6.14. The Labute approximate surface area is 169 Å². The Morgan fingerprint density at radius 1 is 1.26 bits per heavy atom. The molecule has 0 bridgehead atoms.